The lowest BCUT2D eigenvalue weighted by molar-refractivity contribution is 0.0616. The fourth-order valence-electron chi connectivity index (χ4n) is 4.17. The number of amides is 1. The van der Waals surface area contributed by atoms with E-state index in [0.717, 1.165) is 30.6 Å². The van der Waals surface area contributed by atoms with Gasteiger partial charge in [0.1, 0.15) is 17.7 Å². The minimum atomic E-state index is -0.318. The molecule has 1 fully saturated rings. The zero-order valence-corrected chi connectivity index (χ0v) is 18.2. The molecular formula is C24H25FN6O. The van der Waals surface area contributed by atoms with E-state index in [1.165, 1.54) is 12.1 Å². The predicted molar refractivity (Wildman–Crippen MR) is 119 cm³/mol. The number of aryl methyl sites for hydroxylation is 1. The highest BCUT2D eigenvalue weighted by atomic mass is 19.1. The van der Waals surface area contributed by atoms with E-state index < -0.39 is 0 Å². The molecule has 1 aliphatic rings. The van der Waals surface area contributed by atoms with E-state index in [4.69, 9.17) is 5.26 Å². The molecule has 8 heteroatoms. The molecular weight excluding hydrogens is 407 g/mol. The Bertz CT molecular complexity index is 1130. The normalized spacial score (nSPS) is 15.9. The van der Waals surface area contributed by atoms with E-state index >= 15 is 0 Å². The summed E-state index contributed by atoms with van der Waals surface area (Å²) in [6, 6.07) is 11.8. The lowest BCUT2D eigenvalue weighted by Crippen LogP contribution is -2.49. The maximum atomic E-state index is 13.6. The molecule has 1 aromatic carbocycles. The topological polar surface area (TPSA) is 78.0 Å². The summed E-state index contributed by atoms with van der Waals surface area (Å²) in [6.45, 7) is 1.29. The number of likely N-dealkylation sites (tertiary alicyclic amines) is 1. The molecule has 0 bridgehead atoms. The van der Waals surface area contributed by atoms with E-state index in [9.17, 15) is 9.18 Å². The van der Waals surface area contributed by atoms with Crippen LogP contribution in [0.4, 0.5) is 10.2 Å². The number of halogens is 1. The number of carbonyl (C=O) groups excluding carboxylic acids is 1. The average molecular weight is 433 g/mol. The van der Waals surface area contributed by atoms with Gasteiger partial charge in [-0.15, -0.1) is 0 Å². The van der Waals surface area contributed by atoms with Crippen molar-refractivity contribution in [2.24, 2.45) is 7.05 Å². The number of pyridine rings is 1. The number of carbonyl (C=O) groups is 1. The Kier molecular flexibility index (Phi) is 6.17. The minimum Gasteiger partial charge on any atom is -0.358 e. The molecule has 164 valence electrons. The standard InChI is InChI=1S/C24H25FN6O/c1-29(22-11-6-17(13-26)14-27-22)15-20-5-3-4-12-31(20)24(32)23-21(16-30(2)28-23)18-7-9-19(25)10-8-18/h6-11,14,16,20H,3-5,12,15H2,1-2H3/t20-/m0/s1. The maximum absolute atomic E-state index is 13.6. The number of rotatable bonds is 5. The molecule has 7 nitrogen and oxygen atoms in total. The maximum Gasteiger partial charge on any atom is 0.275 e. The Morgan fingerprint density at radius 3 is 2.72 bits per heavy atom. The average Bonchev–Trinajstić information content (AvgIpc) is 3.21. The van der Waals surface area contributed by atoms with Crippen molar-refractivity contribution in [3.8, 4) is 17.2 Å². The van der Waals surface area contributed by atoms with Crippen LogP contribution < -0.4 is 4.90 Å². The summed E-state index contributed by atoms with van der Waals surface area (Å²) in [6.07, 6.45) is 6.24. The van der Waals surface area contributed by atoms with Crippen molar-refractivity contribution in [2.45, 2.75) is 25.3 Å². The minimum absolute atomic E-state index is 0.0155. The summed E-state index contributed by atoms with van der Waals surface area (Å²) in [5.74, 6) is 0.323. The first-order valence-electron chi connectivity index (χ1n) is 10.6. The fourth-order valence-corrected chi connectivity index (χ4v) is 4.17. The van der Waals surface area contributed by atoms with Crippen LogP contribution in [-0.4, -0.2) is 51.8 Å². The van der Waals surface area contributed by atoms with Crippen LogP contribution in [-0.2, 0) is 7.05 Å². The van der Waals surface area contributed by atoms with Crippen molar-refractivity contribution in [1.82, 2.24) is 19.7 Å². The Labute approximate surface area is 186 Å². The molecule has 3 aromatic rings. The summed E-state index contributed by atoms with van der Waals surface area (Å²) in [7, 11) is 3.72. The van der Waals surface area contributed by atoms with Crippen LogP contribution in [0.5, 0.6) is 0 Å². The molecule has 0 spiro atoms. The first-order chi connectivity index (χ1) is 15.5. The first-order valence-corrected chi connectivity index (χ1v) is 10.6. The monoisotopic (exact) mass is 432 g/mol. The van der Waals surface area contributed by atoms with E-state index in [-0.39, 0.29) is 17.8 Å². The molecule has 2 aromatic heterocycles. The SMILES string of the molecule is CN(C[C@@H]1CCCCN1C(=O)c1nn(C)cc1-c1ccc(F)cc1)c1ccc(C#N)cn1. The van der Waals surface area contributed by atoms with Crippen molar-refractivity contribution in [1.29, 1.82) is 5.26 Å². The van der Waals surface area contributed by atoms with Gasteiger partial charge in [-0.05, 0) is 49.1 Å². The van der Waals surface area contributed by atoms with Gasteiger partial charge in [0.15, 0.2) is 5.69 Å². The Morgan fingerprint density at radius 2 is 2.03 bits per heavy atom. The van der Waals surface area contributed by atoms with Crippen LogP contribution in [0.25, 0.3) is 11.1 Å². The number of nitrogens with zero attached hydrogens (tertiary/aromatic N) is 6. The number of likely N-dealkylation sites (N-methyl/N-ethyl adjacent to an activating group) is 1. The molecule has 0 unspecified atom stereocenters. The Balaban J connectivity index is 1.57. The largest absolute Gasteiger partial charge is 0.358 e. The highest BCUT2D eigenvalue weighted by Crippen LogP contribution is 2.27. The van der Waals surface area contributed by atoms with Crippen LogP contribution in [0, 0.1) is 17.1 Å². The van der Waals surface area contributed by atoms with Gasteiger partial charge >= 0.3 is 0 Å². The van der Waals surface area contributed by atoms with Crippen LogP contribution in [0.1, 0.15) is 35.3 Å². The molecule has 1 saturated heterocycles. The highest BCUT2D eigenvalue weighted by Gasteiger charge is 2.31. The number of aromatic nitrogens is 3. The van der Waals surface area contributed by atoms with Gasteiger partial charge in [0.05, 0.1) is 5.56 Å². The van der Waals surface area contributed by atoms with Gasteiger partial charge in [0, 0.05) is 51.2 Å². The van der Waals surface area contributed by atoms with Crippen molar-refractivity contribution >= 4 is 11.7 Å². The fraction of sp³-hybridized carbons (Fsp3) is 0.333. The summed E-state index contributed by atoms with van der Waals surface area (Å²) >= 11 is 0. The number of nitriles is 1. The van der Waals surface area contributed by atoms with Gasteiger partial charge in [-0.1, -0.05) is 12.1 Å². The third kappa shape index (κ3) is 4.47. The molecule has 4 rings (SSSR count). The smallest absolute Gasteiger partial charge is 0.275 e. The molecule has 1 aliphatic heterocycles. The molecule has 1 amide bonds. The van der Waals surface area contributed by atoms with Gasteiger partial charge < -0.3 is 9.80 Å². The van der Waals surface area contributed by atoms with E-state index in [2.05, 4.69) is 16.2 Å². The summed E-state index contributed by atoms with van der Waals surface area (Å²) in [4.78, 5) is 21.9. The van der Waals surface area contributed by atoms with Gasteiger partial charge in [0.2, 0.25) is 0 Å². The molecule has 0 aliphatic carbocycles. The number of hydrogen-bond acceptors (Lipinski definition) is 5. The Morgan fingerprint density at radius 1 is 1.25 bits per heavy atom. The Hall–Kier alpha value is -3.73. The molecule has 0 radical (unpaired) electrons. The van der Waals surface area contributed by atoms with Gasteiger partial charge in [-0.2, -0.15) is 10.4 Å². The molecule has 0 saturated carbocycles. The molecule has 3 heterocycles. The summed E-state index contributed by atoms with van der Waals surface area (Å²) in [5.41, 5.74) is 2.35. The lowest BCUT2D eigenvalue weighted by Gasteiger charge is -2.38. The molecule has 1 atom stereocenters. The number of benzene rings is 1. The number of piperidine rings is 1. The molecule has 32 heavy (non-hydrogen) atoms. The van der Waals surface area contributed by atoms with E-state index in [1.54, 1.807) is 42.3 Å². The summed E-state index contributed by atoms with van der Waals surface area (Å²) < 4.78 is 15.0. The highest BCUT2D eigenvalue weighted by molar-refractivity contribution is 5.99. The lowest BCUT2D eigenvalue weighted by atomic mass is 9.99. The van der Waals surface area contributed by atoms with E-state index in [0.29, 0.717) is 29.9 Å². The van der Waals surface area contributed by atoms with Crippen molar-refractivity contribution in [2.75, 3.05) is 25.0 Å². The van der Waals surface area contributed by atoms with Crippen LogP contribution >= 0.6 is 0 Å². The molecule has 0 N–H and O–H groups in total. The van der Waals surface area contributed by atoms with Gasteiger partial charge in [-0.3, -0.25) is 9.48 Å². The second kappa shape index (κ2) is 9.18. The number of anilines is 1. The van der Waals surface area contributed by atoms with Crippen molar-refractivity contribution < 1.29 is 9.18 Å². The summed E-state index contributed by atoms with van der Waals surface area (Å²) in [5, 5.41) is 13.4. The predicted octanol–water partition coefficient (Wildman–Crippen LogP) is 3.62. The van der Waals surface area contributed by atoms with Crippen LogP contribution in [0.2, 0.25) is 0 Å². The number of hydrogen-bond donors (Lipinski definition) is 0. The quantitative estimate of drug-likeness (QED) is 0.615. The van der Waals surface area contributed by atoms with Crippen LogP contribution in [0.15, 0.2) is 48.8 Å². The van der Waals surface area contributed by atoms with Crippen molar-refractivity contribution in [3.05, 3.63) is 65.9 Å². The second-order valence-corrected chi connectivity index (χ2v) is 8.12. The third-order valence-electron chi connectivity index (χ3n) is 5.83. The third-order valence-corrected chi connectivity index (χ3v) is 5.83. The van der Waals surface area contributed by atoms with Gasteiger partial charge in [0.25, 0.3) is 5.91 Å². The van der Waals surface area contributed by atoms with E-state index in [1.807, 2.05) is 22.9 Å². The second-order valence-electron chi connectivity index (χ2n) is 8.12. The van der Waals surface area contributed by atoms with Crippen LogP contribution in [0.3, 0.4) is 0 Å². The first kappa shape index (κ1) is 21.5. The van der Waals surface area contributed by atoms with Crippen molar-refractivity contribution in [3.63, 3.8) is 0 Å². The zero-order valence-electron chi connectivity index (χ0n) is 18.2. The zero-order chi connectivity index (χ0) is 22.7. The van der Waals surface area contributed by atoms with Gasteiger partial charge in [-0.25, -0.2) is 9.37 Å².